The fourth-order valence-corrected chi connectivity index (χ4v) is 3.10. The fourth-order valence-electron chi connectivity index (χ4n) is 2.30. The second kappa shape index (κ2) is 8.92. The summed E-state index contributed by atoms with van der Waals surface area (Å²) in [6, 6.07) is 10.7. The van der Waals surface area contributed by atoms with Crippen molar-refractivity contribution in [1.29, 1.82) is 5.26 Å². The van der Waals surface area contributed by atoms with Gasteiger partial charge in [0.05, 0.1) is 14.2 Å². The Labute approximate surface area is 170 Å². The van der Waals surface area contributed by atoms with E-state index in [-0.39, 0.29) is 5.57 Å². The van der Waals surface area contributed by atoms with Crippen LogP contribution in [0, 0.1) is 21.8 Å². The zero-order valence-corrected chi connectivity index (χ0v) is 17.3. The standard InChI is InChI=1S/C19H16ClIN2O3/c1-11-15(20)5-4-6-16(11)23-19(24)13(10-22)7-12-8-14(21)9-17(25-2)18(12)26-3/h4-9H,1-3H3,(H,23,24)/b13-7+. The van der Waals surface area contributed by atoms with Gasteiger partial charge in [-0.3, -0.25) is 4.79 Å². The molecular formula is C19H16ClIN2O3. The average Bonchev–Trinajstić information content (AvgIpc) is 2.62. The predicted octanol–water partition coefficient (Wildman–Crippen LogP) is 4.82. The van der Waals surface area contributed by atoms with Gasteiger partial charge in [0.15, 0.2) is 11.5 Å². The van der Waals surface area contributed by atoms with Crippen LogP contribution in [0.3, 0.4) is 0 Å². The van der Waals surface area contributed by atoms with E-state index >= 15 is 0 Å². The number of carbonyl (C=O) groups is 1. The van der Waals surface area contributed by atoms with Gasteiger partial charge in [-0.25, -0.2) is 0 Å². The Balaban J connectivity index is 2.42. The van der Waals surface area contributed by atoms with Crippen LogP contribution in [-0.2, 0) is 4.79 Å². The lowest BCUT2D eigenvalue weighted by molar-refractivity contribution is -0.112. The number of hydrogen-bond donors (Lipinski definition) is 1. The van der Waals surface area contributed by atoms with E-state index in [1.165, 1.54) is 20.3 Å². The summed E-state index contributed by atoms with van der Waals surface area (Å²) >= 11 is 8.20. The summed E-state index contributed by atoms with van der Waals surface area (Å²) in [5, 5.41) is 12.7. The van der Waals surface area contributed by atoms with Crippen LogP contribution in [0.25, 0.3) is 6.08 Å². The molecule has 0 fully saturated rings. The van der Waals surface area contributed by atoms with Crippen LogP contribution in [0.15, 0.2) is 35.9 Å². The second-order valence-electron chi connectivity index (χ2n) is 5.27. The molecule has 7 heteroatoms. The molecule has 0 unspecified atom stereocenters. The molecule has 0 aliphatic heterocycles. The van der Waals surface area contributed by atoms with Crippen molar-refractivity contribution in [3.63, 3.8) is 0 Å². The molecule has 2 aromatic rings. The Morgan fingerprint density at radius 3 is 2.65 bits per heavy atom. The first kappa shape index (κ1) is 20.1. The molecule has 26 heavy (non-hydrogen) atoms. The maximum absolute atomic E-state index is 12.5. The average molecular weight is 483 g/mol. The van der Waals surface area contributed by atoms with Gasteiger partial charge in [0.25, 0.3) is 5.91 Å². The van der Waals surface area contributed by atoms with E-state index in [0.717, 1.165) is 9.13 Å². The SMILES string of the molecule is COc1cc(I)cc(/C=C(\C#N)C(=O)Nc2cccc(Cl)c2C)c1OC. The predicted molar refractivity (Wildman–Crippen MR) is 111 cm³/mol. The summed E-state index contributed by atoms with van der Waals surface area (Å²) in [5.41, 5.74) is 1.79. The molecule has 0 atom stereocenters. The van der Waals surface area contributed by atoms with Gasteiger partial charge in [0.2, 0.25) is 0 Å². The molecular weight excluding hydrogens is 467 g/mol. The molecule has 0 saturated carbocycles. The number of nitrogens with zero attached hydrogens (tertiary/aromatic N) is 1. The monoisotopic (exact) mass is 482 g/mol. The third kappa shape index (κ3) is 4.48. The van der Waals surface area contributed by atoms with Crippen LogP contribution in [0.5, 0.6) is 11.5 Å². The number of rotatable bonds is 5. The second-order valence-corrected chi connectivity index (χ2v) is 6.92. The first-order valence-corrected chi connectivity index (χ1v) is 8.96. The van der Waals surface area contributed by atoms with Gasteiger partial charge in [-0.2, -0.15) is 5.26 Å². The minimum Gasteiger partial charge on any atom is -0.493 e. The van der Waals surface area contributed by atoms with Crippen molar-refractivity contribution >= 4 is 51.9 Å². The molecule has 0 heterocycles. The van der Waals surface area contributed by atoms with E-state index < -0.39 is 5.91 Å². The van der Waals surface area contributed by atoms with E-state index in [1.807, 2.05) is 6.07 Å². The number of carbonyl (C=O) groups excluding carboxylic acids is 1. The lowest BCUT2D eigenvalue weighted by atomic mass is 10.1. The van der Waals surface area contributed by atoms with E-state index in [2.05, 4.69) is 27.9 Å². The summed E-state index contributed by atoms with van der Waals surface area (Å²) in [6.07, 6.45) is 1.47. The number of amides is 1. The van der Waals surface area contributed by atoms with Crippen LogP contribution in [0.4, 0.5) is 5.69 Å². The van der Waals surface area contributed by atoms with Crippen molar-refractivity contribution in [1.82, 2.24) is 0 Å². The normalized spacial score (nSPS) is 10.8. The van der Waals surface area contributed by atoms with Crippen molar-refractivity contribution in [2.45, 2.75) is 6.92 Å². The summed E-state index contributed by atoms with van der Waals surface area (Å²) in [5.74, 6) is 0.444. The zero-order valence-electron chi connectivity index (χ0n) is 14.4. The number of benzene rings is 2. The van der Waals surface area contributed by atoms with Gasteiger partial charge in [0, 0.05) is 19.8 Å². The zero-order chi connectivity index (χ0) is 19.3. The van der Waals surface area contributed by atoms with Gasteiger partial charge in [-0.05, 0) is 65.4 Å². The van der Waals surface area contributed by atoms with Crippen molar-refractivity contribution in [3.05, 3.63) is 55.6 Å². The number of ether oxygens (including phenoxy) is 2. The maximum atomic E-state index is 12.5. The highest BCUT2D eigenvalue weighted by Gasteiger charge is 2.15. The van der Waals surface area contributed by atoms with E-state index in [1.54, 1.807) is 37.3 Å². The van der Waals surface area contributed by atoms with E-state index in [9.17, 15) is 10.1 Å². The van der Waals surface area contributed by atoms with Crippen LogP contribution in [0.1, 0.15) is 11.1 Å². The van der Waals surface area contributed by atoms with Crippen LogP contribution < -0.4 is 14.8 Å². The van der Waals surface area contributed by atoms with E-state index in [4.69, 9.17) is 21.1 Å². The smallest absolute Gasteiger partial charge is 0.266 e. The first-order chi connectivity index (χ1) is 12.4. The number of methoxy groups -OCH3 is 2. The van der Waals surface area contributed by atoms with Gasteiger partial charge < -0.3 is 14.8 Å². The highest BCUT2D eigenvalue weighted by molar-refractivity contribution is 14.1. The Morgan fingerprint density at radius 1 is 1.31 bits per heavy atom. The third-order valence-corrected chi connectivity index (χ3v) is 4.69. The Hall–Kier alpha value is -2.24. The highest BCUT2D eigenvalue weighted by atomic mass is 127. The van der Waals surface area contributed by atoms with Crippen molar-refractivity contribution in [3.8, 4) is 17.6 Å². The quantitative estimate of drug-likeness (QED) is 0.377. The molecule has 0 aliphatic rings. The molecule has 0 bridgehead atoms. The lowest BCUT2D eigenvalue weighted by Crippen LogP contribution is -2.14. The maximum Gasteiger partial charge on any atom is 0.266 e. The molecule has 0 saturated heterocycles. The molecule has 0 spiro atoms. The number of hydrogen-bond acceptors (Lipinski definition) is 4. The van der Waals surface area contributed by atoms with Crippen LogP contribution >= 0.6 is 34.2 Å². The molecule has 1 amide bonds. The Bertz CT molecular complexity index is 920. The van der Waals surface area contributed by atoms with Crippen LogP contribution in [-0.4, -0.2) is 20.1 Å². The van der Waals surface area contributed by atoms with Crippen molar-refractivity contribution in [2.24, 2.45) is 0 Å². The van der Waals surface area contributed by atoms with Crippen molar-refractivity contribution < 1.29 is 14.3 Å². The molecule has 0 aromatic heterocycles. The molecule has 1 N–H and O–H groups in total. The largest absolute Gasteiger partial charge is 0.493 e. The molecule has 134 valence electrons. The summed E-state index contributed by atoms with van der Waals surface area (Å²) in [6.45, 7) is 1.79. The molecule has 2 aromatic carbocycles. The van der Waals surface area contributed by atoms with Gasteiger partial charge in [-0.1, -0.05) is 17.7 Å². The molecule has 5 nitrogen and oxygen atoms in total. The number of nitrogens with one attached hydrogen (secondary N) is 1. The third-order valence-electron chi connectivity index (χ3n) is 3.65. The number of anilines is 1. The number of nitriles is 1. The van der Waals surface area contributed by atoms with Crippen LogP contribution in [0.2, 0.25) is 5.02 Å². The minimum atomic E-state index is -0.530. The summed E-state index contributed by atoms with van der Waals surface area (Å²) < 4.78 is 11.6. The van der Waals surface area contributed by atoms with Gasteiger partial charge >= 0.3 is 0 Å². The lowest BCUT2D eigenvalue weighted by Gasteiger charge is -2.12. The topological polar surface area (TPSA) is 71.3 Å². The molecule has 0 aliphatic carbocycles. The fraction of sp³-hybridized carbons (Fsp3) is 0.158. The van der Waals surface area contributed by atoms with Gasteiger partial charge in [-0.15, -0.1) is 0 Å². The minimum absolute atomic E-state index is 0.0632. The Morgan fingerprint density at radius 2 is 2.04 bits per heavy atom. The van der Waals surface area contributed by atoms with Crippen molar-refractivity contribution in [2.75, 3.05) is 19.5 Å². The molecule has 2 rings (SSSR count). The summed E-state index contributed by atoms with van der Waals surface area (Å²) in [4.78, 5) is 12.5. The van der Waals surface area contributed by atoms with Gasteiger partial charge in [0.1, 0.15) is 11.6 Å². The summed E-state index contributed by atoms with van der Waals surface area (Å²) in [7, 11) is 3.03. The van der Waals surface area contributed by atoms with E-state index in [0.29, 0.717) is 27.8 Å². The Kier molecular flexibility index (Phi) is 6.89. The highest BCUT2D eigenvalue weighted by Crippen LogP contribution is 2.34. The first-order valence-electron chi connectivity index (χ1n) is 7.51. The number of halogens is 2. The molecule has 0 radical (unpaired) electrons.